The number of anilines is 1. The Labute approximate surface area is 168 Å². The molecular formula is C21H21ClN4O2. The van der Waals surface area contributed by atoms with E-state index in [1.807, 2.05) is 36.1 Å². The maximum Gasteiger partial charge on any atom is 0.330 e. The number of rotatable bonds is 3. The lowest BCUT2D eigenvalue weighted by Crippen LogP contribution is -2.48. The summed E-state index contributed by atoms with van der Waals surface area (Å²) < 4.78 is 1.58. The monoisotopic (exact) mass is 396 g/mol. The fourth-order valence-corrected chi connectivity index (χ4v) is 3.74. The number of carbonyl (C=O) groups excluding carboxylic acids is 1. The summed E-state index contributed by atoms with van der Waals surface area (Å²) in [5, 5.41) is 0.716. The van der Waals surface area contributed by atoms with Gasteiger partial charge < -0.3 is 14.8 Å². The number of hydrogen-bond donors (Lipinski definition) is 1. The van der Waals surface area contributed by atoms with Crippen molar-refractivity contribution < 1.29 is 4.79 Å². The Hall–Kier alpha value is -2.99. The first-order valence-electron chi connectivity index (χ1n) is 9.20. The van der Waals surface area contributed by atoms with E-state index in [0.29, 0.717) is 23.7 Å². The number of H-pyrrole nitrogens is 1. The topological polar surface area (TPSA) is 61.3 Å². The van der Waals surface area contributed by atoms with Gasteiger partial charge in [0.05, 0.1) is 5.69 Å². The van der Waals surface area contributed by atoms with Crippen LogP contribution in [0.4, 0.5) is 5.69 Å². The van der Waals surface area contributed by atoms with Crippen molar-refractivity contribution in [2.45, 2.75) is 6.92 Å². The molecular weight excluding hydrogens is 376 g/mol. The van der Waals surface area contributed by atoms with Crippen molar-refractivity contribution in [1.29, 1.82) is 0 Å². The molecule has 0 unspecified atom stereocenters. The van der Waals surface area contributed by atoms with Gasteiger partial charge >= 0.3 is 5.69 Å². The highest BCUT2D eigenvalue weighted by Gasteiger charge is 2.22. The molecule has 0 atom stereocenters. The predicted molar refractivity (Wildman–Crippen MR) is 111 cm³/mol. The number of benzene rings is 2. The molecule has 0 spiro atoms. The summed E-state index contributed by atoms with van der Waals surface area (Å²) in [7, 11) is 0. The van der Waals surface area contributed by atoms with Crippen LogP contribution >= 0.6 is 11.6 Å². The van der Waals surface area contributed by atoms with E-state index in [1.165, 1.54) is 0 Å². The van der Waals surface area contributed by atoms with Crippen molar-refractivity contribution in [2.24, 2.45) is 0 Å². The molecule has 0 saturated carbocycles. The number of aromatic amines is 1. The fourth-order valence-electron chi connectivity index (χ4n) is 3.55. The second-order valence-electron chi connectivity index (χ2n) is 6.88. The summed E-state index contributed by atoms with van der Waals surface area (Å²) in [5.41, 5.74) is 3.08. The molecule has 2 aromatic carbocycles. The number of amides is 1. The van der Waals surface area contributed by atoms with Gasteiger partial charge in [0.2, 0.25) is 0 Å². The Balaban J connectivity index is 1.43. The molecule has 1 aliphatic heterocycles. The molecule has 0 radical (unpaired) electrons. The third kappa shape index (κ3) is 3.55. The average Bonchev–Trinajstić information content (AvgIpc) is 3.06. The first-order chi connectivity index (χ1) is 13.5. The van der Waals surface area contributed by atoms with Gasteiger partial charge in [-0.3, -0.25) is 9.36 Å². The molecule has 1 N–H and O–H groups in total. The lowest BCUT2D eigenvalue weighted by Gasteiger charge is -2.36. The Morgan fingerprint density at radius 3 is 2.32 bits per heavy atom. The molecule has 2 heterocycles. The van der Waals surface area contributed by atoms with E-state index in [0.717, 1.165) is 30.2 Å². The number of nitrogens with zero attached hydrogens (tertiary/aromatic N) is 3. The molecule has 1 aromatic heterocycles. The normalized spacial score (nSPS) is 14.4. The second-order valence-corrected chi connectivity index (χ2v) is 7.31. The first kappa shape index (κ1) is 18.4. The van der Waals surface area contributed by atoms with Gasteiger partial charge in [-0.2, -0.15) is 0 Å². The maximum absolute atomic E-state index is 12.8. The van der Waals surface area contributed by atoms with Gasteiger partial charge in [0, 0.05) is 54.3 Å². The van der Waals surface area contributed by atoms with Crippen molar-refractivity contribution in [3.8, 4) is 5.69 Å². The third-order valence-electron chi connectivity index (χ3n) is 5.07. The lowest BCUT2D eigenvalue weighted by molar-refractivity contribution is 0.0747. The van der Waals surface area contributed by atoms with Gasteiger partial charge in [-0.15, -0.1) is 0 Å². The third-order valence-corrected chi connectivity index (χ3v) is 5.31. The highest BCUT2D eigenvalue weighted by atomic mass is 35.5. The van der Waals surface area contributed by atoms with E-state index in [1.54, 1.807) is 35.0 Å². The number of halogens is 1. The molecule has 1 aliphatic rings. The smallest absolute Gasteiger partial charge is 0.330 e. The van der Waals surface area contributed by atoms with Gasteiger partial charge in [-0.25, -0.2) is 4.79 Å². The van der Waals surface area contributed by atoms with Crippen LogP contribution in [-0.4, -0.2) is 46.5 Å². The molecule has 1 amide bonds. The summed E-state index contributed by atoms with van der Waals surface area (Å²) in [5.74, 6) is 0.00966. The van der Waals surface area contributed by atoms with E-state index < -0.39 is 0 Å². The second kappa shape index (κ2) is 7.56. The van der Waals surface area contributed by atoms with E-state index >= 15 is 0 Å². The van der Waals surface area contributed by atoms with Gasteiger partial charge in [0.15, 0.2) is 0 Å². The molecule has 6 nitrogen and oxygen atoms in total. The van der Waals surface area contributed by atoms with Crippen LogP contribution in [0, 0.1) is 6.92 Å². The summed E-state index contributed by atoms with van der Waals surface area (Å²) in [6.45, 7) is 4.70. The number of aryl methyl sites for hydroxylation is 1. The Morgan fingerprint density at radius 1 is 1.00 bits per heavy atom. The number of hydrogen-bond acceptors (Lipinski definition) is 3. The van der Waals surface area contributed by atoms with Crippen LogP contribution in [0.2, 0.25) is 5.02 Å². The zero-order valence-corrected chi connectivity index (χ0v) is 16.3. The van der Waals surface area contributed by atoms with E-state index in [9.17, 15) is 9.59 Å². The molecule has 28 heavy (non-hydrogen) atoms. The minimum Gasteiger partial charge on any atom is -0.368 e. The largest absolute Gasteiger partial charge is 0.368 e. The van der Waals surface area contributed by atoms with Crippen LogP contribution < -0.4 is 10.6 Å². The molecule has 144 valence electrons. The molecule has 1 fully saturated rings. The maximum atomic E-state index is 12.8. The SMILES string of the molecule is Cc1c[nH]c(=O)n1-c1ccc(C(=O)N2CCN(c3cccc(Cl)c3)CC2)cc1. The fraction of sp³-hybridized carbons (Fsp3) is 0.238. The lowest BCUT2D eigenvalue weighted by atomic mass is 10.1. The van der Waals surface area contributed by atoms with Crippen LogP contribution in [0.5, 0.6) is 0 Å². The van der Waals surface area contributed by atoms with Crippen molar-refractivity contribution in [2.75, 3.05) is 31.1 Å². The number of piperazine rings is 1. The summed E-state index contributed by atoms with van der Waals surface area (Å²) >= 11 is 6.08. The van der Waals surface area contributed by atoms with Gasteiger partial charge in [0.1, 0.15) is 0 Å². The highest BCUT2D eigenvalue weighted by Crippen LogP contribution is 2.21. The molecule has 3 aromatic rings. The average molecular weight is 397 g/mol. The number of carbonyl (C=O) groups is 1. The quantitative estimate of drug-likeness (QED) is 0.740. The van der Waals surface area contributed by atoms with Crippen LogP contribution in [0.15, 0.2) is 59.5 Å². The standard InChI is InChI=1S/C21H21ClN4O2/c1-15-14-23-21(28)26(15)18-7-5-16(6-8-18)20(27)25-11-9-24(10-12-25)19-4-2-3-17(22)13-19/h2-8,13-14H,9-12H2,1H3,(H,23,28). The van der Waals surface area contributed by atoms with Crippen molar-refractivity contribution in [3.05, 3.63) is 81.5 Å². The van der Waals surface area contributed by atoms with Crippen LogP contribution in [0.25, 0.3) is 5.69 Å². The van der Waals surface area contributed by atoms with Crippen molar-refractivity contribution in [3.63, 3.8) is 0 Å². The summed E-state index contributed by atoms with van der Waals surface area (Å²) in [4.78, 5) is 31.5. The van der Waals surface area contributed by atoms with Crippen molar-refractivity contribution >= 4 is 23.2 Å². The number of imidazole rings is 1. The molecule has 7 heteroatoms. The van der Waals surface area contributed by atoms with Crippen LogP contribution in [-0.2, 0) is 0 Å². The van der Waals surface area contributed by atoms with Gasteiger partial charge in [0.25, 0.3) is 5.91 Å². The summed E-state index contributed by atoms with van der Waals surface area (Å²) in [6.07, 6.45) is 1.67. The summed E-state index contributed by atoms with van der Waals surface area (Å²) in [6, 6.07) is 14.9. The highest BCUT2D eigenvalue weighted by molar-refractivity contribution is 6.30. The number of nitrogens with one attached hydrogen (secondary N) is 1. The molecule has 1 saturated heterocycles. The zero-order chi connectivity index (χ0) is 19.7. The van der Waals surface area contributed by atoms with Crippen molar-refractivity contribution in [1.82, 2.24) is 14.5 Å². The Morgan fingerprint density at radius 2 is 1.71 bits per heavy atom. The van der Waals surface area contributed by atoms with Gasteiger partial charge in [-0.1, -0.05) is 17.7 Å². The Kier molecular flexibility index (Phi) is 4.96. The van der Waals surface area contributed by atoms with Crippen LogP contribution in [0.3, 0.4) is 0 Å². The van der Waals surface area contributed by atoms with Crippen LogP contribution in [0.1, 0.15) is 16.1 Å². The minimum atomic E-state index is -0.186. The minimum absolute atomic E-state index is 0.00966. The zero-order valence-electron chi connectivity index (χ0n) is 15.6. The predicted octanol–water partition coefficient (Wildman–Crippen LogP) is 3.09. The molecule has 0 aliphatic carbocycles. The van der Waals surface area contributed by atoms with E-state index in [2.05, 4.69) is 9.88 Å². The molecule has 4 rings (SSSR count). The first-order valence-corrected chi connectivity index (χ1v) is 9.58. The van der Waals surface area contributed by atoms with Gasteiger partial charge in [-0.05, 0) is 49.4 Å². The van der Waals surface area contributed by atoms with E-state index in [4.69, 9.17) is 11.6 Å². The molecule has 0 bridgehead atoms. The Bertz CT molecular complexity index is 1050. The van der Waals surface area contributed by atoms with E-state index in [-0.39, 0.29) is 11.6 Å². The number of aromatic nitrogens is 2.